The lowest BCUT2D eigenvalue weighted by Crippen LogP contribution is -2.22. The van der Waals surface area contributed by atoms with Crippen molar-refractivity contribution in [2.75, 3.05) is 13.2 Å². The number of esters is 1. The molecule has 2 aromatic carbocycles. The zero-order valence-electron chi connectivity index (χ0n) is 15.8. The normalized spacial score (nSPS) is 11.4. The number of carbonyl (C=O) groups excluding carboxylic acids is 2. The fraction of sp³-hybridized carbons (Fsp3) is 0.273. The summed E-state index contributed by atoms with van der Waals surface area (Å²) in [7, 11) is 0. The van der Waals surface area contributed by atoms with Crippen molar-refractivity contribution in [2.24, 2.45) is 0 Å². The summed E-state index contributed by atoms with van der Waals surface area (Å²) in [6, 6.07) is 13.7. The van der Waals surface area contributed by atoms with Crippen LogP contribution in [0.3, 0.4) is 0 Å². The minimum atomic E-state index is -0.531. The molecule has 27 heavy (non-hydrogen) atoms. The topological polar surface area (TPSA) is 72.8 Å². The van der Waals surface area contributed by atoms with Crippen molar-refractivity contribution in [1.29, 1.82) is 0 Å². The first kappa shape index (κ1) is 20.4. The van der Waals surface area contributed by atoms with Crippen LogP contribution in [0.4, 0.5) is 0 Å². The van der Waals surface area contributed by atoms with Crippen LogP contribution in [0.5, 0.6) is 5.75 Å². The Balaban J connectivity index is 2.01. The highest BCUT2D eigenvalue weighted by molar-refractivity contribution is 6.09. The second-order valence-corrected chi connectivity index (χ2v) is 6.91. The SMILES string of the molecule is CC(C)(C)OC(=O)/C=C/c1ccc(C(=O)c2ccc(OCCO)cc2)cc1. The Morgan fingerprint density at radius 2 is 1.52 bits per heavy atom. The minimum Gasteiger partial charge on any atom is -0.491 e. The van der Waals surface area contributed by atoms with Crippen LogP contribution in [0.2, 0.25) is 0 Å². The van der Waals surface area contributed by atoms with Crippen LogP contribution >= 0.6 is 0 Å². The Bertz CT molecular complexity index is 796. The zero-order chi connectivity index (χ0) is 19.9. The molecule has 0 bridgehead atoms. The molecule has 0 heterocycles. The van der Waals surface area contributed by atoms with Gasteiger partial charge in [0, 0.05) is 17.2 Å². The summed E-state index contributed by atoms with van der Waals surface area (Å²) in [5.41, 5.74) is 1.36. The first-order valence-electron chi connectivity index (χ1n) is 8.68. The second kappa shape index (κ2) is 9.14. The molecule has 0 atom stereocenters. The molecule has 0 aliphatic carbocycles. The van der Waals surface area contributed by atoms with Gasteiger partial charge in [0.15, 0.2) is 5.78 Å². The highest BCUT2D eigenvalue weighted by Crippen LogP contribution is 2.16. The van der Waals surface area contributed by atoms with E-state index in [1.165, 1.54) is 6.08 Å². The fourth-order valence-corrected chi connectivity index (χ4v) is 2.28. The van der Waals surface area contributed by atoms with Gasteiger partial charge in [-0.15, -0.1) is 0 Å². The molecule has 142 valence electrons. The van der Waals surface area contributed by atoms with Crippen molar-refractivity contribution < 1.29 is 24.2 Å². The van der Waals surface area contributed by atoms with Gasteiger partial charge < -0.3 is 14.6 Å². The highest BCUT2D eigenvalue weighted by atomic mass is 16.6. The van der Waals surface area contributed by atoms with E-state index in [9.17, 15) is 9.59 Å². The van der Waals surface area contributed by atoms with Crippen LogP contribution < -0.4 is 4.74 Å². The van der Waals surface area contributed by atoms with Crippen LogP contribution in [-0.4, -0.2) is 35.7 Å². The zero-order valence-corrected chi connectivity index (χ0v) is 15.8. The van der Waals surface area contributed by atoms with Gasteiger partial charge in [0.2, 0.25) is 0 Å². The van der Waals surface area contributed by atoms with E-state index in [1.54, 1.807) is 54.6 Å². The molecule has 0 amide bonds. The van der Waals surface area contributed by atoms with E-state index >= 15 is 0 Å². The summed E-state index contributed by atoms with van der Waals surface area (Å²) in [4.78, 5) is 24.2. The maximum Gasteiger partial charge on any atom is 0.331 e. The average molecular weight is 368 g/mol. The summed E-state index contributed by atoms with van der Waals surface area (Å²) in [5, 5.41) is 8.75. The Morgan fingerprint density at radius 3 is 2.04 bits per heavy atom. The molecule has 0 spiro atoms. The molecule has 0 radical (unpaired) electrons. The van der Waals surface area contributed by atoms with Crippen LogP contribution in [0.1, 0.15) is 42.3 Å². The standard InChI is InChI=1S/C22H24O5/c1-22(2,3)27-20(24)13-6-16-4-7-17(8-5-16)21(25)18-9-11-19(12-10-18)26-15-14-23/h4-13,23H,14-15H2,1-3H3/b13-6+. The van der Waals surface area contributed by atoms with E-state index in [0.717, 1.165) is 5.56 Å². The number of carbonyl (C=O) groups is 2. The van der Waals surface area contributed by atoms with Crippen LogP contribution in [0.15, 0.2) is 54.6 Å². The van der Waals surface area contributed by atoms with E-state index in [0.29, 0.717) is 16.9 Å². The van der Waals surface area contributed by atoms with Gasteiger partial charge in [-0.3, -0.25) is 4.79 Å². The van der Waals surface area contributed by atoms with Gasteiger partial charge in [-0.1, -0.05) is 24.3 Å². The van der Waals surface area contributed by atoms with Crippen molar-refractivity contribution in [2.45, 2.75) is 26.4 Å². The predicted molar refractivity (Wildman–Crippen MR) is 104 cm³/mol. The monoisotopic (exact) mass is 368 g/mol. The number of rotatable bonds is 7. The van der Waals surface area contributed by atoms with E-state index in [4.69, 9.17) is 14.6 Å². The maximum atomic E-state index is 12.5. The number of aliphatic hydroxyl groups excluding tert-OH is 1. The van der Waals surface area contributed by atoms with Gasteiger partial charge in [-0.05, 0) is 56.7 Å². The smallest absolute Gasteiger partial charge is 0.331 e. The van der Waals surface area contributed by atoms with Gasteiger partial charge in [-0.25, -0.2) is 4.79 Å². The lowest BCUT2D eigenvalue weighted by molar-refractivity contribution is -0.148. The molecule has 0 aliphatic heterocycles. The van der Waals surface area contributed by atoms with Gasteiger partial charge in [0.05, 0.1) is 6.61 Å². The average Bonchev–Trinajstić information content (AvgIpc) is 2.63. The third kappa shape index (κ3) is 6.72. The van der Waals surface area contributed by atoms with E-state index in [-0.39, 0.29) is 19.0 Å². The van der Waals surface area contributed by atoms with Crippen molar-refractivity contribution in [1.82, 2.24) is 0 Å². The van der Waals surface area contributed by atoms with E-state index < -0.39 is 11.6 Å². The number of hydrogen-bond donors (Lipinski definition) is 1. The Kier molecular flexibility index (Phi) is 6.91. The first-order valence-corrected chi connectivity index (χ1v) is 8.68. The van der Waals surface area contributed by atoms with Gasteiger partial charge >= 0.3 is 5.97 Å². The van der Waals surface area contributed by atoms with Crippen molar-refractivity contribution in [3.8, 4) is 5.75 Å². The first-order chi connectivity index (χ1) is 12.8. The second-order valence-electron chi connectivity index (χ2n) is 6.91. The van der Waals surface area contributed by atoms with Gasteiger partial charge in [-0.2, -0.15) is 0 Å². The maximum absolute atomic E-state index is 12.5. The number of ketones is 1. The summed E-state index contributed by atoms with van der Waals surface area (Å²) >= 11 is 0. The third-order valence-electron chi connectivity index (χ3n) is 3.47. The summed E-state index contributed by atoms with van der Waals surface area (Å²) in [5.74, 6) is 0.0840. The fourth-order valence-electron chi connectivity index (χ4n) is 2.28. The van der Waals surface area contributed by atoms with Crippen molar-refractivity contribution in [3.63, 3.8) is 0 Å². The summed E-state index contributed by atoms with van der Waals surface area (Å²) in [6.45, 7) is 5.58. The molecule has 5 nitrogen and oxygen atoms in total. The molecule has 2 aromatic rings. The van der Waals surface area contributed by atoms with Crippen LogP contribution in [-0.2, 0) is 9.53 Å². The van der Waals surface area contributed by atoms with Crippen LogP contribution in [0.25, 0.3) is 6.08 Å². The number of hydrogen-bond acceptors (Lipinski definition) is 5. The van der Waals surface area contributed by atoms with Gasteiger partial charge in [0.25, 0.3) is 0 Å². The van der Waals surface area contributed by atoms with E-state index in [1.807, 2.05) is 20.8 Å². The molecule has 2 rings (SSSR count). The predicted octanol–water partition coefficient (Wildman–Crippen LogP) is 3.64. The summed E-state index contributed by atoms with van der Waals surface area (Å²) < 4.78 is 10.5. The van der Waals surface area contributed by atoms with Crippen LogP contribution in [0, 0.1) is 0 Å². The number of ether oxygens (including phenoxy) is 2. The highest BCUT2D eigenvalue weighted by Gasteiger charge is 2.14. The third-order valence-corrected chi connectivity index (χ3v) is 3.47. The quantitative estimate of drug-likeness (QED) is 0.459. The largest absolute Gasteiger partial charge is 0.491 e. The van der Waals surface area contributed by atoms with Crippen molar-refractivity contribution >= 4 is 17.8 Å². The molecule has 5 heteroatoms. The Labute approximate surface area is 159 Å². The molecule has 0 unspecified atom stereocenters. The minimum absolute atomic E-state index is 0.0601. The molecule has 0 aliphatic rings. The lowest BCUT2D eigenvalue weighted by atomic mass is 10.0. The molecule has 0 fully saturated rings. The molecular weight excluding hydrogens is 344 g/mol. The number of aliphatic hydroxyl groups is 1. The molecule has 0 saturated heterocycles. The molecule has 1 N–H and O–H groups in total. The molecule has 0 saturated carbocycles. The Hall–Kier alpha value is -2.92. The molecular formula is C22H24O5. The molecule has 0 aromatic heterocycles. The summed E-state index contributed by atoms with van der Waals surface area (Å²) in [6.07, 6.45) is 3.02. The number of benzene rings is 2. The Morgan fingerprint density at radius 1 is 0.963 bits per heavy atom. The van der Waals surface area contributed by atoms with Gasteiger partial charge in [0.1, 0.15) is 18.0 Å². The van der Waals surface area contributed by atoms with Crippen molar-refractivity contribution in [3.05, 3.63) is 71.3 Å². The lowest BCUT2D eigenvalue weighted by Gasteiger charge is -2.17. The van der Waals surface area contributed by atoms with E-state index in [2.05, 4.69) is 0 Å².